The fourth-order valence-electron chi connectivity index (χ4n) is 3.99. The van der Waals surface area contributed by atoms with Crippen molar-refractivity contribution in [3.63, 3.8) is 0 Å². The van der Waals surface area contributed by atoms with E-state index in [1.807, 2.05) is 13.8 Å². The molecule has 0 aromatic carbocycles. The largest absolute Gasteiger partial charge is 0.390 e. The first-order valence-corrected chi connectivity index (χ1v) is 13.6. The number of rotatable bonds is 16. The molecule has 0 aliphatic rings. The molecule has 0 saturated heterocycles. The Hall–Kier alpha value is -3.22. The van der Waals surface area contributed by atoms with Crippen molar-refractivity contribution in [3.8, 4) is 0 Å². The standard InChI is InChI=1S/C27H50N6O7/c1-15(2)12-19(24(37)30-18(6)23(36)29-17(5)22(35)28-9)33(11)26(39)21(16(3)4)31-25(38)20(32(10)14-34)13-27(7,8)40/h14-21,40H,12-13H2,1-11H3,(H,28,35)(H,29,36)(H,30,37)(H,31,38)/t17-,18+,19-,20-,21-/m0/s1. The van der Waals surface area contributed by atoms with Gasteiger partial charge in [-0.15, -0.1) is 0 Å². The Labute approximate surface area is 238 Å². The summed E-state index contributed by atoms with van der Waals surface area (Å²) in [6, 6.07) is -4.80. The highest BCUT2D eigenvalue weighted by Crippen LogP contribution is 2.18. The Balaban J connectivity index is 5.87. The highest BCUT2D eigenvalue weighted by atomic mass is 16.3. The van der Waals surface area contributed by atoms with E-state index in [1.54, 1.807) is 13.8 Å². The molecule has 0 saturated carbocycles. The lowest BCUT2D eigenvalue weighted by molar-refractivity contribution is -0.145. The van der Waals surface area contributed by atoms with Crippen LogP contribution in [-0.4, -0.2) is 108 Å². The fraction of sp³-hybridized carbons (Fsp3) is 0.778. The summed E-state index contributed by atoms with van der Waals surface area (Å²) in [5.74, 6) is -3.01. The molecule has 0 spiro atoms. The van der Waals surface area contributed by atoms with E-state index in [9.17, 15) is 33.9 Å². The third-order valence-electron chi connectivity index (χ3n) is 6.45. The molecule has 0 aromatic rings. The Morgan fingerprint density at radius 2 is 1.27 bits per heavy atom. The molecule has 0 heterocycles. The molecule has 0 radical (unpaired) electrons. The summed E-state index contributed by atoms with van der Waals surface area (Å²) in [7, 11) is 4.32. The average molecular weight is 571 g/mol. The van der Waals surface area contributed by atoms with Crippen LogP contribution in [0.3, 0.4) is 0 Å². The number of amides is 6. The van der Waals surface area contributed by atoms with Gasteiger partial charge in [-0.25, -0.2) is 0 Å². The van der Waals surface area contributed by atoms with Crippen molar-refractivity contribution in [2.45, 2.75) is 104 Å². The molecule has 6 amide bonds. The van der Waals surface area contributed by atoms with Gasteiger partial charge in [0.25, 0.3) is 0 Å². The van der Waals surface area contributed by atoms with Crippen LogP contribution >= 0.6 is 0 Å². The zero-order chi connectivity index (χ0) is 31.5. The Kier molecular flexibility index (Phi) is 14.8. The number of hydrogen-bond donors (Lipinski definition) is 5. The summed E-state index contributed by atoms with van der Waals surface area (Å²) >= 11 is 0. The number of hydrogen-bond acceptors (Lipinski definition) is 7. The van der Waals surface area contributed by atoms with Gasteiger partial charge in [0.2, 0.25) is 35.9 Å². The lowest BCUT2D eigenvalue weighted by atomic mass is 9.95. The van der Waals surface area contributed by atoms with Gasteiger partial charge in [0.1, 0.15) is 30.2 Å². The first-order chi connectivity index (χ1) is 18.3. The van der Waals surface area contributed by atoms with Gasteiger partial charge < -0.3 is 36.2 Å². The van der Waals surface area contributed by atoms with E-state index in [1.165, 1.54) is 53.7 Å². The van der Waals surface area contributed by atoms with Gasteiger partial charge in [-0.1, -0.05) is 27.7 Å². The Morgan fingerprint density at radius 1 is 0.800 bits per heavy atom. The van der Waals surface area contributed by atoms with Crippen molar-refractivity contribution >= 4 is 35.9 Å². The average Bonchev–Trinajstić information content (AvgIpc) is 2.85. The van der Waals surface area contributed by atoms with Gasteiger partial charge in [0.15, 0.2) is 0 Å². The first-order valence-electron chi connectivity index (χ1n) is 13.6. The molecule has 0 bridgehead atoms. The van der Waals surface area contributed by atoms with Gasteiger partial charge in [0.05, 0.1) is 5.60 Å². The molecule has 5 atom stereocenters. The molecule has 0 aliphatic heterocycles. The van der Waals surface area contributed by atoms with E-state index in [4.69, 9.17) is 0 Å². The van der Waals surface area contributed by atoms with Crippen LogP contribution in [0.15, 0.2) is 0 Å². The van der Waals surface area contributed by atoms with E-state index in [0.717, 1.165) is 4.90 Å². The quantitative estimate of drug-likeness (QED) is 0.153. The molecule has 0 rings (SSSR count). The van der Waals surface area contributed by atoms with Crippen molar-refractivity contribution in [2.75, 3.05) is 21.1 Å². The Bertz CT molecular complexity index is 902. The van der Waals surface area contributed by atoms with Crippen LogP contribution in [0.25, 0.3) is 0 Å². The first kappa shape index (κ1) is 36.8. The lowest BCUT2D eigenvalue weighted by Crippen LogP contribution is -2.60. The lowest BCUT2D eigenvalue weighted by Gasteiger charge is -2.35. The van der Waals surface area contributed by atoms with E-state index in [2.05, 4.69) is 21.3 Å². The van der Waals surface area contributed by atoms with E-state index < -0.39 is 59.4 Å². The van der Waals surface area contributed by atoms with E-state index >= 15 is 0 Å². The Morgan fingerprint density at radius 3 is 1.70 bits per heavy atom. The van der Waals surface area contributed by atoms with E-state index in [0.29, 0.717) is 6.41 Å². The highest BCUT2D eigenvalue weighted by molar-refractivity contribution is 5.95. The molecule has 13 nitrogen and oxygen atoms in total. The third kappa shape index (κ3) is 11.9. The van der Waals surface area contributed by atoms with Gasteiger partial charge in [-0.2, -0.15) is 0 Å². The van der Waals surface area contributed by atoms with Crippen molar-refractivity contribution in [1.82, 2.24) is 31.1 Å². The zero-order valence-electron chi connectivity index (χ0n) is 25.8. The summed E-state index contributed by atoms with van der Waals surface area (Å²) < 4.78 is 0. The fourth-order valence-corrected chi connectivity index (χ4v) is 3.99. The number of nitrogens with zero attached hydrogens (tertiary/aromatic N) is 2. The van der Waals surface area contributed by atoms with Crippen LogP contribution in [-0.2, 0) is 28.8 Å². The number of carbonyl (C=O) groups is 6. The second-order valence-electron chi connectivity index (χ2n) is 11.7. The molecule has 0 unspecified atom stereocenters. The molecular formula is C27H50N6O7. The predicted octanol–water partition coefficient (Wildman–Crippen LogP) is -0.626. The van der Waals surface area contributed by atoms with Gasteiger partial charge in [-0.05, 0) is 46.0 Å². The topological polar surface area (TPSA) is 177 Å². The van der Waals surface area contributed by atoms with Crippen molar-refractivity contribution in [1.29, 1.82) is 0 Å². The van der Waals surface area contributed by atoms with Crippen LogP contribution in [0, 0.1) is 11.8 Å². The van der Waals surface area contributed by atoms with Crippen LogP contribution < -0.4 is 21.3 Å². The van der Waals surface area contributed by atoms with Crippen LogP contribution in [0.5, 0.6) is 0 Å². The predicted molar refractivity (Wildman–Crippen MR) is 151 cm³/mol. The van der Waals surface area contributed by atoms with Gasteiger partial charge in [0, 0.05) is 27.6 Å². The van der Waals surface area contributed by atoms with E-state index in [-0.39, 0.29) is 30.6 Å². The van der Waals surface area contributed by atoms with Gasteiger partial charge >= 0.3 is 0 Å². The van der Waals surface area contributed by atoms with Crippen molar-refractivity contribution < 1.29 is 33.9 Å². The van der Waals surface area contributed by atoms with Crippen molar-refractivity contribution in [3.05, 3.63) is 0 Å². The van der Waals surface area contributed by atoms with Crippen LogP contribution in [0.1, 0.15) is 68.2 Å². The third-order valence-corrected chi connectivity index (χ3v) is 6.45. The van der Waals surface area contributed by atoms with Crippen molar-refractivity contribution in [2.24, 2.45) is 11.8 Å². The number of aliphatic hydroxyl groups is 1. The number of nitrogens with one attached hydrogen (secondary N) is 4. The zero-order valence-corrected chi connectivity index (χ0v) is 25.8. The molecule has 5 N–H and O–H groups in total. The molecular weight excluding hydrogens is 520 g/mol. The summed E-state index contributed by atoms with van der Waals surface area (Å²) in [5.41, 5.74) is -1.25. The number of carbonyl (C=O) groups excluding carboxylic acids is 6. The van der Waals surface area contributed by atoms with Crippen LogP contribution in [0.4, 0.5) is 0 Å². The summed E-state index contributed by atoms with van der Waals surface area (Å²) in [6.45, 7) is 13.3. The molecule has 40 heavy (non-hydrogen) atoms. The molecule has 0 aliphatic carbocycles. The van der Waals surface area contributed by atoms with Gasteiger partial charge in [-0.3, -0.25) is 28.8 Å². The maximum atomic E-state index is 13.6. The number of likely N-dealkylation sites (N-methyl/N-ethyl adjacent to an activating group) is 3. The summed E-state index contributed by atoms with van der Waals surface area (Å²) in [6.07, 6.45) is 0.703. The normalized spacial score (nSPS) is 15.2. The second-order valence-corrected chi connectivity index (χ2v) is 11.7. The minimum Gasteiger partial charge on any atom is -0.390 e. The van der Waals surface area contributed by atoms with Crippen LogP contribution in [0.2, 0.25) is 0 Å². The molecule has 230 valence electrons. The second kappa shape index (κ2) is 16.1. The summed E-state index contributed by atoms with van der Waals surface area (Å²) in [5, 5.41) is 20.5. The highest BCUT2D eigenvalue weighted by Gasteiger charge is 2.37. The SMILES string of the molecule is CNC(=O)[C@H](C)NC(=O)[C@@H](C)NC(=O)[C@H](CC(C)C)N(C)C(=O)[C@@H](NC(=O)[C@H](CC(C)(C)O)N(C)C=O)C(C)C. The maximum absolute atomic E-state index is 13.6. The molecule has 0 aromatic heterocycles. The monoisotopic (exact) mass is 570 g/mol. The summed E-state index contributed by atoms with van der Waals surface area (Å²) in [4.78, 5) is 78.2. The maximum Gasteiger partial charge on any atom is 0.245 e. The minimum atomic E-state index is -1.25. The smallest absolute Gasteiger partial charge is 0.245 e. The molecule has 13 heteroatoms. The minimum absolute atomic E-state index is 0.00732. The molecule has 0 fully saturated rings.